The molecule has 0 saturated carbocycles. The number of H-pyrrole nitrogens is 1. The van der Waals surface area contributed by atoms with Crippen LogP contribution in [0.1, 0.15) is 10.7 Å². The lowest BCUT2D eigenvalue weighted by molar-refractivity contribution is 0.671. The topological polar surface area (TPSA) is 53.6 Å². The molecule has 18 heavy (non-hydrogen) atoms. The summed E-state index contributed by atoms with van der Waals surface area (Å²) in [5.41, 5.74) is 0. The Morgan fingerprint density at radius 2 is 2.17 bits per heavy atom. The average molecular weight is 279 g/mol. The summed E-state index contributed by atoms with van der Waals surface area (Å²) in [5, 5.41) is 11.9. The molecular formula is C12H11ClN4S. The fourth-order valence-electron chi connectivity index (χ4n) is 1.79. The molecule has 2 N–H and O–H groups in total. The van der Waals surface area contributed by atoms with Crippen molar-refractivity contribution in [1.29, 1.82) is 0 Å². The lowest BCUT2D eigenvalue weighted by Gasteiger charge is -2.00. The maximum Gasteiger partial charge on any atom is 0.138 e. The molecule has 0 unspecified atom stereocenters. The fraction of sp³-hybridized carbons (Fsp3) is 0.167. The van der Waals surface area contributed by atoms with Gasteiger partial charge in [-0.05, 0) is 6.07 Å². The van der Waals surface area contributed by atoms with Crippen LogP contribution in [0.15, 0.2) is 30.6 Å². The van der Waals surface area contributed by atoms with Crippen LogP contribution in [-0.4, -0.2) is 15.2 Å². The van der Waals surface area contributed by atoms with Crippen molar-refractivity contribution < 1.29 is 0 Å². The SMILES string of the molecule is Clc1c(CNCc2ncn[nH]2)sc2ccccc12. The Hall–Kier alpha value is -1.43. The second kappa shape index (κ2) is 5.06. The Balaban J connectivity index is 1.73. The third-order valence-corrected chi connectivity index (χ3v) is 4.36. The van der Waals surface area contributed by atoms with E-state index in [0.717, 1.165) is 27.7 Å². The van der Waals surface area contributed by atoms with E-state index in [-0.39, 0.29) is 0 Å². The summed E-state index contributed by atoms with van der Waals surface area (Å²) in [6.07, 6.45) is 1.50. The third-order valence-electron chi connectivity index (χ3n) is 2.64. The molecule has 0 atom stereocenters. The molecule has 0 saturated heterocycles. The molecular weight excluding hydrogens is 268 g/mol. The van der Waals surface area contributed by atoms with Crippen molar-refractivity contribution in [2.45, 2.75) is 13.1 Å². The number of fused-ring (bicyclic) bond motifs is 1. The van der Waals surface area contributed by atoms with Crippen molar-refractivity contribution in [3.63, 3.8) is 0 Å². The molecule has 0 aliphatic rings. The maximum atomic E-state index is 6.35. The first-order valence-electron chi connectivity index (χ1n) is 5.55. The van der Waals surface area contributed by atoms with Crippen LogP contribution in [0.3, 0.4) is 0 Å². The van der Waals surface area contributed by atoms with E-state index in [4.69, 9.17) is 11.6 Å². The molecule has 3 rings (SSSR count). The Morgan fingerprint density at radius 1 is 1.28 bits per heavy atom. The number of aromatic amines is 1. The van der Waals surface area contributed by atoms with Crippen LogP contribution in [-0.2, 0) is 13.1 Å². The van der Waals surface area contributed by atoms with Gasteiger partial charge < -0.3 is 5.32 Å². The first-order chi connectivity index (χ1) is 8.84. The van der Waals surface area contributed by atoms with Crippen LogP contribution in [0.2, 0.25) is 5.02 Å². The van der Waals surface area contributed by atoms with Crippen LogP contribution in [0.5, 0.6) is 0 Å². The van der Waals surface area contributed by atoms with E-state index in [0.29, 0.717) is 6.54 Å². The fourth-order valence-corrected chi connectivity index (χ4v) is 3.26. The summed E-state index contributed by atoms with van der Waals surface area (Å²) in [6, 6.07) is 8.17. The maximum absolute atomic E-state index is 6.35. The number of rotatable bonds is 4. The number of thiophene rings is 1. The zero-order chi connectivity index (χ0) is 12.4. The van der Waals surface area contributed by atoms with Gasteiger partial charge in [0, 0.05) is 21.5 Å². The molecule has 0 fully saturated rings. The molecule has 92 valence electrons. The highest BCUT2D eigenvalue weighted by Crippen LogP contribution is 2.34. The van der Waals surface area contributed by atoms with E-state index in [1.54, 1.807) is 11.3 Å². The van der Waals surface area contributed by atoms with Gasteiger partial charge in [-0.3, -0.25) is 5.10 Å². The summed E-state index contributed by atoms with van der Waals surface area (Å²) in [5.74, 6) is 0.826. The highest BCUT2D eigenvalue weighted by Gasteiger charge is 2.09. The van der Waals surface area contributed by atoms with E-state index in [9.17, 15) is 0 Å². The van der Waals surface area contributed by atoms with Crippen molar-refractivity contribution in [2.75, 3.05) is 0 Å². The second-order valence-electron chi connectivity index (χ2n) is 3.87. The number of halogens is 1. The molecule has 0 radical (unpaired) electrons. The van der Waals surface area contributed by atoms with Gasteiger partial charge in [0.1, 0.15) is 12.2 Å². The summed E-state index contributed by atoms with van der Waals surface area (Å²) in [4.78, 5) is 5.20. The molecule has 4 nitrogen and oxygen atoms in total. The van der Waals surface area contributed by atoms with Crippen LogP contribution < -0.4 is 5.32 Å². The van der Waals surface area contributed by atoms with Gasteiger partial charge in [-0.15, -0.1) is 11.3 Å². The quantitative estimate of drug-likeness (QED) is 0.771. The monoisotopic (exact) mass is 278 g/mol. The number of hydrogen-bond donors (Lipinski definition) is 2. The van der Waals surface area contributed by atoms with Crippen LogP contribution >= 0.6 is 22.9 Å². The van der Waals surface area contributed by atoms with Crippen LogP contribution in [0, 0.1) is 0 Å². The van der Waals surface area contributed by atoms with Crippen molar-refractivity contribution in [3.05, 3.63) is 46.3 Å². The third kappa shape index (κ3) is 2.25. The zero-order valence-electron chi connectivity index (χ0n) is 9.48. The Labute approximate surface area is 113 Å². The minimum atomic E-state index is 0.657. The largest absolute Gasteiger partial charge is 0.305 e. The number of aromatic nitrogens is 3. The first kappa shape index (κ1) is 11.6. The van der Waals surface area contributed by atoms with E-state index in [2.05, 4.69) is 26.6 Å². The Morgan fingerprint density at radius 3 is 2.94 bits per heavy atom. The minimum absolute atomic E-state index is 0.657. The van der Waals surface area contributed by atoms with Gasteiger partial charge in [0.2, 0.25) is 0 Å². The zero-order valence-corrected chi connectivity index (χ0v) is 11.1. The average Bonchev–Trinajstić information content (AvgIpc) is 3.00. The lowest BCUT2D eigenvalue weighted by atomic mass is 10.2. The Bertz CT molecular complexity index is 647. The summed E-state index contributed by atoms with van der Waals surface area (Å²) >= 11 is 8.07. The molecule has 1 aromatic carbocycles. The highest BCUT2D eigenvalue weighted by molar-refractivity contribution is 7.19. The second-order valence-corrected chi connectivity index (χ2v) is 5.39. The van der Waals surface area contributed by atoms with Gasteiger partial charge in [-0.1, -0.05) is 29.8 Å². The predicted molar refractivity (Wildman–Crippen MR) is 73.8 cm³/mol. The number of nitrogens with one attached hydrogen (secondary N) is 2. The van der Waals surface area contributed by atoms with Gasteiger partial charge in [0.25, 0.3) is 0 Å². The standard InChI is InChI=1S/C12H11ClN4S/c13-12-8-3-1-2-4-9(8)18-10(12)5-14-6-11-15-7-16-17-11/h1-4,7,14H,5-6H2,(H,15,16,17). The van der Waals surface area contributed by atoms with E-state index in [1.165, 1.54) is 11.0 Å². The molecule has 0 spiro atoms. The first-order valence-corrected chi connectivity index (χ1v) is 6.75. The van der Waals surface area contributed by atoms with Crippen LogP contribution in [0.4, 0.5) is 0 Å². The van der Waals surface area contributed by atoms with E-state index in [1.807, 2.05) is 18.2 Å². The van der Waals surface area contributed by atoms with Gasteiger partial charge >= 0.3 is 0 Å². The molecule has 6 heteroatoms. The van der Waals surface area contributed by atoms with Crippen molar-refractivity contribution in [3.8, 4) is 0 Å². The van der Waals surface area contributed by atoms with Crippen molar-refractivity contribution in [1.82, 2.24) is 20.5 Å². The molecule has 0 amide bonds. The number of benzene rings is 1. The summed E-state index contributed by atoms with van der Waals surface area (Å²) < 4.78 is 1.22. The molecule has 0 bridgehead atoms. The van der Waals surface area contributed by atoms with Crippen molar-refractivity contribution in [2.24, 2.45) is 0 Å². The van der Waals surface area contributed by atoms with Gasteiger partial charge in [0.15, 0.2) is 0 Å². The van der Waals surface area contributed by atoms with E-state index < -0.39 is 0 Å². The summed E-state index contributed by atoms with van der Waals surface area (Å²) in [6.45, 7) is 1.39. The molecule has 2 heterocycles. The van der Waals surface area contributed by atoms with Crippen LogP contribution in [0.25, 0.3) is 10.1 Å². The van der Waals surface area contributed by atoms with Crippen molar-refractivity contribution >= 4 is 33.0 Å². The molecule has 3 aromatic rings. The Kier molecular flexibility index (Phi) is 3.27. The summed E-state index contributed by atoms with van der Waals surface area (Å²) in [7, 11) is 0. The van der Waals surface area contributed by atoms with E-state index >= 15 is 0 Å². The molecule has 0 aliphatic heterocycles. The van der Waals surface area contributed by atoms with Gasteiger partial charge in [-0.25, -0.2) is 4.98 Å². The molecule has 0 aliphatic carbocycles. The van der Waals surface area contributed by atoms with Gasteiger partial charge in [-0.2, -0.15) is 5.10 Å². The highest BCUT2D eigenvalue weighted by atomic mass is 35.5. The predicted octanol–water partition coefficient (Wildman–Crippen LogP) is 2.96. The molecule has 2 aromatic heterocycles. The smallest absolute Gasteiger partial charge is 0.138 e. The van der Waals surface area contributed by atoms with Gasteiger partial charge in [0.05, 0.1) is 11.6 Å². The normalized spacial score (nSPS) is 11.2. The number of hydrogen-bond acceptors (Lipinski definition) is 4. The number of nitrogens with zero attached hydrogens (tertiary/aromatic N) is 2. The minimum Gasteiger partial charge on any atom is -0.305 e. The lowest BCUT2D eigenvalue weighted by Crippen LogP contribution is -2.13.